The Balaban J connectivity index is 1.53. The zero-order valence-electron chi connectivity index (χ0n) is 23.5. The number of ketones is 1. The van der Waals surface area contributed by atoms with Crippen LogP contribution in [0.2, 0.25) is 0 Å². The minimum Gasteiger partial charge on any atom is -0.507 e. The number of ether oxygens (including phenoxy) is 4. The third kappa shape index (κ3) is 5.67. The van der Waals surface area contributed by atoms with Crippen molar-refractivity contribution in [3.63, 3.8) is 0 Å². The molecule has 2 aromatic rings. The first kappa shape index (κ1) is 28.0. The van der Waals surface area contributed by atoms with Gasteiger partial charge in [-0.3, -0.25) is 14.5 Å². The van der Waals surface area contributed by atoms with Crippen molar-refractivity contribution < 1.29 is 33.6 Å². The standard InChI is InChI=1S/C31H38N2O7/c1-4-38-25-10-7-21(19-26(25)39-5-2)28-27(29(34)22-8-9-24-23(18-22)17-20(3)40-24)30(35)31(36)33(28)12-6-11-32-13-15-37-16-14-32/h7-10,18-20,28,34H,4-6,11-17H2,1-3H3/b29-27+/t20-,28-/m0/s1. The van der Waals surface area contributed by atoms with Crippen molar-refractivity contribution in [1.29, 1.82) is 0 Å². The summed E-state index contributed by atoms with van der Waals surface area (Å²) in [5.74, 6) is 0.407. The fraction of sp³-hybridized carbons (Fsp3) is 0.484. The minimum absolute atomic E-state index is 0.0466. The second-order valence-corrected chi connectivity index (χ2v) is 10.3. The number of benzene rings is 2. The van der Waals surface area contributed by atoms with E-state index in [2.05, 4.69) is 4.90 Å². The summed E-state index contributed by atoms with van der Waals surface area (Å²) in [4.78, 5) is 30.9. The molecule has 5 rings (SSSR count). The molecule has 9 heteroatoms. The fourth-order valence-corrected chi connectivity index (χ4v) is 5.71. The molecule has 0 spiro atoms. The van der Waals surface area contributed by atoms with E-state index < -0.39 is 17.7 Å². The van der Waals surface area contributed by atoms with Gasteiger partial charge < -0.3 is 29.0 Å². The first-order chi connectivity index (χ1) is 19.4. The summed E-state index contributed by atoms with van der Waals surface area (Å²) in [5.41, 5.74) is 2.21. The molecule has 0 aromatic heterocycles. The predicted octanol–water partition coefficient (Wildman–Crippen LogP) is 3.95. The van der Waals surface area contributed by atoms with Gasteiger partial charge >= 0.3 is 0 Å². The van der Waals surface area contributed by atoms with Crippen LogP contribution in [0.5, 0.6) is 17.2 Å². The molecule has 0 radical (unpaired) electrons. The van der Waals surface area contributed by atoms with Crippen LogP contribution >= 0.6 is 0 Å². The summed E-state index contributed by atoms with van der Waals surface area (Å²) in [6.07, 6.45) is 1.45. The molecule has 9 nitrogen and oxygen atoms in total. The maximum absolute atomic E-state index is 13.5. The van der Waals surface area contributed by atoms with E-state index in [1.54, 1.807) is 17.0 Å². The summed E-state index contributed by atoms with van der Waals surface area (Å²) < 4.78 is 22.9. The average Bonchev–Trinajstić information content (AvgIpc) is 3.45. The Morgan fingerprint density at radius 3 is 2.50 bits per heavy atom. The van der Waals surface area contributed by atoms with E-state index in [9.17, 15) is 14.7 Å². The maximum Gasteiger partial charge on any atom is 0.295 e. The van der Waals surface area contributed by atoms with Gasteiger partial charge in [-0.1, -0.05) is 6.07 Å². The summed E-state index contributed by atoms with van der Waals surface area (Å²) >= 11 is 0. The van der Waals surface area contributed by atoms with E-state index in [4.69, 9.17) is 18.9 Å². The van der Waals surface area contributed by atoms with Crippen molar-refractivity contribution in [3.05, 3.63) is 58.7 Å². The molecule has 3 heterocycles. The molecule has 214 valence electrons. The van der Waals surface area contributed by atoms with Crippen molar-refractivity contribution in [3.8, 4) is 17.2 Å². The highest BCUT2D eigenvalue weighted by atomic mass is 16.5. The summed E-state index contributed by atoms with van der Waals surface area (Å²) in [7, 11) is 0. The van der Waals surface area contributed by atoms with Gasteiger partial charge in [-0.05, 0) is 68.7 Å². The summed E-state index contributed by atoms with van der Waals surface area (Å²) in [6, 6.07) is 10.1. The van der Waals surface area contributed by atoms with Crippen LogP contribution in [0, 0.1) is 0 Å². The highest BCUT2D eigenvalue weighted by molar-refractivity contribution is 6.46. The maximum atomic E-state index is 13.5. The number of morpholine rings is 1. The normalized spacial score (nSPS) is 22.3. The number of aliphatic hydroxyl groups is 1. The second-order valence-electron chi connectivity index (χ2n) is 10.3. The van der Waals surface area contributed by atoms with E-state index in [0.29, 0.717) is 68.4 Å². The van der Waals surface area contributed by atoms with Gasteiger partial charge in [0.1, 0.15) is 17.6 Å². The van der Waals surface area contributed by atoms with Crippen molar-refractivity contribution in [2.75, 3.05) is 52.6 Å². The number of Topliss-reactive ketones (excluding diaryl/α,β-unsaturated/α-hetero) is 1. The van der Waals surface area contributed by atoms with Crippen LogP contribution < -0.4 is 14.2 Å². The topological polar surface area (TPSA) is 97.8 Å². The lowest BCUT2D eigenvalue weighted by molar-refractivity contribution is -0.140. The molecule has 2 saturated heterocycles. The number of rotatable bonds is 10. The Morgan fingerprint density at radius 2 is 1.75 bits per heavy atom. The molecule has 1 N–H and O–H groups in total. The van der Waals surface area contributed by atoms with Crippen LogP contribution in [0.4, 0.5) is 0 Å². The number of amides is 1. The number of aliphatic hydroxyl groups excluding tert-OH is 1. The highest BCUT2D eigenvalue weighted by Crippen LogP contribution is 2.43. The zero-order valence-corrected chi connectivity index (χ0v) is 23.5. The Kier molecular flexibility index (Phi) is 8.61. The molecule has 0 unspecified atom stereocenters. The third-order valence-corrected chi connectivity index (χ3v) is 7.57. The molecular formula is C31H38N2O7. The quantitative estimate of drug-likeness (QED) is 0.270. The number of fused-ring (bicyclic) bond motifs is 1. The van der Waals surface area contributed by atoms with Crippen molar-refractivity contribution in [2.24, 2.45) is 0 Å². The molecule has 1 amide bonds. The molecule has 3 aliphatic heterocycles. The van der Waals surface area contributed by atoms with Crippen LogP contribution in [-0.4, -0.2) is 85.3 Å². The van der Waals surface area contributed by atoms with Crippen LogP contribution in [0.25, 0.3) is 5.76 Å². The van der Waals surface area contributed by atoms with Gasteiger partial charge in [0.2, 0.25) is 0 Å². The van der Waals surface area contributed by atoms with E-state index >= 15 is 0 Å². The predicted molar refractivity (Wildman–Crippen MR) is 150 cm³/mol. The lowest BCUT2D eigenvalue weighted by atomic mass is 9.94. The van der Waals surface area contributed by atoms with Gasteiger partial charge in [0.05, 0.1) is 38.0 Å². The van der Waals surface area contributed by atoms with E-state index in [1.807, 2.05) is 45.0 Å². The first-order valence-corrected chi connectivity index (χ1v) is 14.2. The second kappa shape index (κ2) is 12.3. The third-order valence-electron chi connectivity index (χ3n) is 7.57. The van der Waals surface area contributed by atoms with Crippen LogP contribution in [0.15, 0.2) is 42.0 Å². The Hall–Kier alpha value is -3.56. The van der Waals surface area contributed by atoms with Gasteiger partial charge in [0, 0.05) is 38.2 Å². The largest absolute Gasteiger partial charge is 0.507 e. The number of nitrogens with zero attached hydrogens (tertiary/aromatic N) is 2. The minimum atomic E-state index is -0.761. The lowest BCUT2D eigenvalue weighted by Crippen LogP contribution is -2.39. The fourth-order valence-electron chi connectivity index (χ4n) is 5.71. The van der Waals surface area contributed by atoms with Gasteiger partial charge in [0.15, 0.2) is 11.5 Å². The number of hydrogen-bond acceptors (Lipinski definition) is 8. The molecule has 0 aliphatic carbocycles. The van der Waals surface area contributed by atoms with Gasteiger partial charge in [-0.2, -0.15) is 0 Å². The van der Waals surface area contributed by atoms with Crippen LogP contribution in [0.1, 0.15) is 49.9 Å². The Bertz CT molecular complexity index is 1280. The number of carbonyl (C=O) groups excluding carboxylic acids is 2. The van der Waals surface area contributed by atoms with Crippen molar-refractivity contribution >= 4 is 17.4 Å². The molecule has 2 fully saturated rings. The number of hydrogen-bond donors (Lipinski definition) is 1. The van der Waals surface area contributed by atoms with Crippen molar-refractivity contribution in [1.82, 2.24) is 9.80 Å². The summed E-state index contributed by atoms with van der Waals surface area (Å²) in [5, 5.41) is 11.6. The molecule has 40 heavy (non-hydrogen) atoms. The van der Waals surface area contributed by atoms with Gasteiger partial charge in [0.25, 0.3) is 11.7 Å². The molecule has 0 bridgehead atoms. The summed E-state index contributed by atoms with van der Waals surface area (Å²) in [6.45, 7) is 10.9. The molecule has 0 saturated carbocycles. The zero-order chi connectivity index (χ0) is 28.2. The van der Waals surface area contributed by atoms with Gasteiger partial charge in [-0.15, -0.1) is 0 Å². The molecular weight excluding hydrogens is 512 g/mol. The van der Waals surface area contributed by atoms with Crippen molar-refractivity contribution in [2.45, 2.75) is 45.8 Å². The first-order valence-electron chi connectivity index (χ1n) is 14.2. The smallest absolute Gasteiger partial charge is 0.295 e. The molecule has 2 atom stereocenters. The monoisotopic (exact) mass is 550 g/mol. The van der Waals surface area contributed by atoms with E-state index in [0.717, 1.165) is 30.9 Å². The lowest BCUT2D eigenvalue weighted by Gasteiger charge is -2.29. The number of carbonyl (C=O) groups is 2. The Morgan fingerprint density at radius 1 is 1.00 bits per heavy atom. The Labute approximate surface area is 235 Å². The SMILES string of the molecule is CCOc1ccc([C@H]2/C(=C(\O)c3ccc4c(c3)C[C@H](C)O4)C(=O)C(=O)N2CCCN2CCOCC2)cc1OCC. The van der Waals surface area contributed by atoms with E-state index in [1.165, 1.54) is 0 Å². The van der Waals surface area contributed by atoms with Gasteiger partial charge in [-0.25, -0.2) is 0 Å². The van der Waals surface area contributed by atoms with Crippen LogP contribution in [0.3, 0.4) is 0 Å². The number of likely N-dealkylation sites (tertiary alicyclic amines) is 1. The highest BCUT2D eigenvalue weighted by Gasteiger charge is 2.46. The van der Waals surface area contributed by atoms with Crippen LogP contribution in [-0.2, 0) is 20.7 Å². The molecule has 3 aliphatic rings. The average molecular weight is 551 g/mol. The molecule has 2 aromatic carbocycles. The van der Waals surface area contributed by atoms with E-state index in [-0.39, 0.29) is 17.4 Å².